The smallest absolute Gasteiger partial charge is 0.338 e. The topological polar surface area (TPSA) is 55.4 Å². The summed E-state index contributed by atoms with van der Waals surface area (Å²) in [4.78, 5) is 23.8. The Morgan fingerprint density at radius 1 is 1.12 bits per heavy atom. The van der Waals surface area contributed by atoms with Gasteiger partial charge >= 0.3 is 5.97 Å². The summed E-state index contributed by atoms with van der Waals surface area (Å²) in [6, 6.07) is 12.4. The Morgan fingerprint density at radius 3 is 2.58 bits per heavy atom. The first-order valence-electron chi connectivity index (χ1n) is 7.50. The summed E-state index contributed by atoms with van der Waals surface area (Å²) in [6.07, 6.45) is 2.59. The van der Waals surface area contributed by atoms with Crippen molar-refractivity contribution in [3.8, 4) is 0 Å². The average molecular weight is 327 g/mol. The number of carbonyl (C=O) groups excluding carboxylic acids is 2. The van der Waals surface area contributed by atoms with Crippen LogP contribution in [0.5, 0.6) is 0 Å². The molecule has 0 unspecified atom stereocenters. The summed E-state index contributed by atoms with van der Waals surface area (Å²) in [5.74, 6) is -1.20. The van der Waals surface area contributed by atoms with Gasteiger partial charge in [-0.2, -0.15) is 0 Å². The average Bonchev–Trinajstić information content (AvgIpc) is 2.53. The second-order valence-corrected chi connectivity index (χ2v) is 5.41. The van der Waals surface area contributed by atoms with Crippen LogP contribution in [-0.4, -0.2) is 18.0 Å². The molecule has 0 atom stereocenters. The number of anilines is 1. The first-order chi connectivity index (χ1) is 11.4. The van der Waals surface area contributed by atoms with Crippen molar-refractivity contribution in [3.63, 3.8) is 0 Å². The van der Waals surface area contributed by atoms with Gasteiger partial charge in [-0.25, -0.2) is 9.18 Å². The lowest BCUT2D eigenvalue weighted by Gasteiger charge is -2.09. The summed E-state index contributed by atoms with van der Waals surface area (Å²) in [5.41, 5.74) is 1.41. The Hall–Kier alpha value is -2.95. The number of nitrogens with one attached hydrogen (secondary N) is 1. The molecule has 0 bridgehead atoms. The molecule has 5 heteroatoms. The molecule has 2 aromatic carbocycles. The summed E-state index contributed by atoms with van der Waals surface area (Å²) in [6.45, 7) is 3.53. The van der Waals surface area contributed by atoms with Crippen molar-refractivity contribution in [1.82, 2.24) is 0 Å². The third-order valence-electron chi connectivity index (χ3n) is 2.98. The van der Waals surface area contributed by atoms with Crippen LogP contribution in [0, 0.1) is 5.82 Å². The first kappa shape index (κ1) is 17.4. The molecule has 1 amide bonds. The van der Waals surface area contributed by atoms with Gasteiger partial charge in [0.1, 0.15) is 5.82 Å². The van der Waals surface area contributed by atoms with Gasteiger partial charge < -0.3 is 10.1 Å². The van der Waals surface area contributed by atoms with Crippen molar-refractivity contribution < 1.29 is 18.7 Å². The Morgan fingerprint density at radius 2 is 1.88 bits per heavy atom. The highest BCUT2D eigenvalue weighted by atomic mass is 19.1. The van der Waals surface area contributed by atoms with Gasteiger partial charge in [0.2, 0.25) is 5.91 Å². The zero-order chi connectivity index (χ0) is 17.5. The normalized spacial score (nSPS) is 10.8. The van der Waals surface area contributed by atoms with E-state index >= 15 is 0 Å². The molecular formula is C19H18FNO3. The fourth-order valence-corrected chi connectivity index (χ4v) is 1.97. The molecule has 1 N–H and O–H groups in total. The third kappa shape index (κ3) is 5.35. The molecule has 0 saturated heterocycles. The summed E-state index contributed by atoms with van der Waals surface area (Å²) < 4.78 is 18.2. The zero-order valence-corrected chi connectivity index (χ0v) is 13.5. The van der Waals surface area contributed by atoms with Gasteiger partial charge in [0.15, 0.2) is 0 Å². The highest BCUT2D eigenvalue weighted by Gasteiger charge is 2.10. The van der Waals surface area contributed by atoms with Crippen LogP contribution in [-0.2, 0) is 9.53 Å². The van der Waals surface area contributed by atoms with E-state index in [1.54, 1.807) is 50.2 Å². The van der Waals surface area contributed by atoms with E-state index in [-0.39, 0.29) is 17.8 Å². The Bertz CT molecular complexity index is 769. The molecule has 2 rings (SSSR count). The van der Waals surface area contributed by atoms with Crippen molar-refractivity contribution in [2.75, 3.05) is 5.32 Å². The van der Waals surface area contributed by atoms with E-state index in [1.165, 1.54) is 24.3 Å². The summed E-state index contributed by atoms with van der Waals surface area (Å²) in [5, 5.41) is 2.65. The maximum absolute atomic E-state index is 13.1. The minimum absolute atomic E-state index is 0.218. The molecule has 0 fully saturated rings. The number of esters is 1. The van der Waals surface area contributed by atoms with E-state index in [0.717, 1.165) is 0 Å². The second-order valence-electron chi connectivity index (χ2n) is 5.41. The zero-order valence-electron chi connectivity index (χ0n) is 13.5. The standard InChI is InChI=1S/C19H18FNO3/c1-13(2)24-19(23)15-6-4-8-17(12-15)21-18(22)10-9-14-5-3-7-16(20)11-14/h3-13H,1-2H3,(H,21,22)/b10-9+. The van der Waals surface area contributed by atoms with Gasteiger partial charge in [-0.15, -0.1) is 0 Å². The lowest BCUT2D eigenvalue weighted by molar-refractivity contribution is -0.111. The number of halogens is 1. The van der Waals surface area contributed by atoms with Crippen molar-refractivity contribution in [3.05, 3.63) is 71.6 Å². The largest absolute Gasteiger partial charge is 0.459 e. The molecule has 124 valence electrons. The van der Waals surface area contributed by atoms with Gasteiger partial charge in [0, 0.05) is 11.8 Å². The maximum atomic E-state index is 13.1. The van der Waals surface area contributed by atoms with E-state index in [0.29, 0.717) is 16.8 Å². The van der Waals surface area contributed by atoms with Gasteiger partial charge in [0.25, 0.3) is 0 Å². The van der Waals surface area contributed by atoms with Gasteiger partial charge in [0.05, 0.1) is 11.7 Å². The van der Waals surface area contributed by atoms with E-state index in [2.05, 4.69) is 5.32 Å². The highest BCUT2D eigenvalue weighted by Crippen LogP contribution is 2.13. The van der Waals surface area contributed by atoms with Crippen LogP contribution in [0.15, 0.2) is 54.6 Å². The van der Waals surface area contributed by atoms with E-state index in [1.807, 2.05) is 0 Å². The Kier molecular flexibility index (Phi) is 5.84. The van der Waals surface area contributed by atoms with Crippen molar-refractivity contribution in [2.24, 2.45) is 0 Å². The SMILES string of the molecule is CC(C)OC(=O)c1cccc(NC(=O)/C=C/c2cccc(F)c2)c1. The molecule has 24 heavy (non-hydrogen) atoms. The molecule has 0 aromatic heterocycles. The molecule has 0 radical (unpaired) electrons. The number of ether oxygens (including phenoxy) is 1. The molecular weight excluding hydrogens is 309 g/mol. The van der Waals surface area contributed by atoms with E-state index in [9.17, 15) is 14.0 Å². The van der Waals surface area contributed by atoms with Crippen molar-refractivity contribution >= 4 is 23.6 Å². The third-order valence-corrected chi connectivity index (χ3v) is 2.98. The van der Waals surface area contributed by atoms with Crippen molar-refractivity contribution in [1.29, 1.82) is 0 Å². The minimum Gasteiger partial charge on any atom is -0.459 e. The van der Waals surface area contributed by atoms with E-state index < -0.39 is 5.97 Å². The monoisotopic (exact) mass is 327 g/mol. The molecule has 0 saturated carbocycles. The molecule has 0 aliphatic rings. The second kappa shape index (κ2) is 8.06. The number of rotatable bonds is 5. The number of benzene rings is 2. The predicted octanol–water partition coefficient (Wildman–Crippen LogP) is 4.04. The van der Waals surface area contributed by atoms with Gasteiger partial charge in [-0.3, -0.25) is 4.79 Å². The predicted molar refractivity (Wildman–Crippen MR) is 91.1 cm³/mol. The molecule has 0 aliphatic carbocycles. The maximum Gasteiger partial charge on any atom is 0.338 e. The number of carbonyl (C=O) groups is 2. The fourth-order valence-electron chi connectivity index (χ4n) is 1.97. The fraction of sp³-hybridized carbons (Fsp3) is 0.158. The number of hydrogen-bond donors (Lipinski definition) is 1. The molecule has 0 aliphatic heterocycles. The molecule has 4 nitrogen and oxygen atoms in total. The number of hydrogen-bond acceptors (Lipinski definition) is 3. The number of amides is 1. The lowest BCUT2D eigenvalue weighted by Crippen LogP contribution is -2.13. The van der Waals surface area contributed by atoms with Crippen molar-refractivity contribution in [2.45, 2.75) is 20.0 Å². The van der Waals surface area contributed by atoms with Crippen LogP contribution in [0.4, 0.5) is 10.1 Å². The van der Waals surface area contributed by atoms with Crippen LogP contribution in [0.25, 0.3) is 6.08 Å². The summed E-state index contributed by atoms with van der Waals surface area (Å²) in [7, 11) is 0. The van der Waals surface area contributed by atoms with Crippen LogP contribution in [0.2, 0.25) is 0 Å². The molecule has 0 spiro atoms. The highest BCUT2D eigenvalue weighted by molar-refractivity contribution is 6.02. The minimum atomic E-state index is -0.448. The van der Waals surface area contributed by atoms with Crippen LogP contribution in [0.1, 0.15) is 29.8 Å². The summed E-state index contributed by atoms with van der Waals surface area (Å²) >= 11 is 0. The van der Waals surface area contributed by atoms with Gasteiger partial charge in [-0.1, -0.05) is 18.2 Å². The van der Waals surface area contributed by atoms with E-state index in [4.69, 9.17) is 4.74 Å². The Labute approximate surface area is 140 Å². The van der Waals surface area contributed by atoms with Crippen LogP contribution >= 0.6 is 0 Å². The quantitative estimate of drug-likeness (QED) is 0.666. The lowest BCUT2D eigenvalue weighted by atomic mass is 10.2. The molecule has 2 aromatic rings. The molecule has 0 heterocycles. The van der Waals surface area contributed by atoms with Crippen LogP contribution in [0.3, 0.4) is 0 Å². The Balaban J connectivity index is 2.02. The first-order valence-corrected chi connectivity index (χ1v) is 7.50. The van der Waals surface area contributed by atoms with Gasteiger partial charge in [-0.05, 0) is 55.8 Å². The van der Waals surface area contributed by atoms with Crippen LogP contribution < -0.4 is 5.32 Å².